The minimum atomic E-state index is -0.907. The van der Waals surface area contributed by atoms with E-state index < -0.39 is 6.09 Å². The highest BCUT2D eigenvalue weighted by molar-refractivity contribution is 5.77. The zero-order valence-electron chi connectivity index (χ0n) is 17.2. The number of hydrogen-bond acceptors (Lipinski definition) is 3. The molecule has 1 aliphatic carbocycles. The number of benzene rings is 2. The van der Waals surface area contributed by atoms with Crippen molar-refractivity contribution in [3.8, 4) is 0 Å². The number of hydrogen-bond donors (Lipinski definition) is 1. The van der Waals surface area contributed by atoms with E-state index in [1.807, 2.05) is 36.4 Å². The number of fused-ring (bicyclic) bond motifs is 3. The number of rotatable bonds is 5. The van der Waals surface area contributed by atoms with Crippen LogP contribution in [-0.2, 0) is 26.1 Å². The van der Waals surface area contributed by atoms with E-state index in [1.54, 1.807) is 0 Å². The quantitative estimate of drug-likeness (QED) is 0.695. The van der Waals surface area contributed by atoms with Crippen molar-refractivity contribution in [3.63, 3.8) is 0 Å². The Morgan fingerprint density at radius 3 is 2.57 bits per heavy atom. The average molecular weight is 405 g/mol. The summed E-state index contributed by atoms with van der Waals surface area (Å²) in [5, 5.41) is 9.67. The second-order valence-corrected chi connectivity index (χ2v) is 8.50. The molecule has 5 rings (SSSR count). The zero-order valence-corrected chi connectivity index (χ0v) is 17.2. The summed E-state index contributed by atoms with van der Waals surface area (Å²) >= 11 is 0. The standard InChI is InChI=1S/C24H28N4O2/c29-24(30)27(16-18-5-2-1-3-6-18)17-19-9-10-22-21(15-19)25-23-11-12-26(13-14-28(22)23)20-7-4-8-20/h1-3,5-6,9-10,15,20H,4,7-8,11-14,16-17H2,(H,29,30). The van der Waals surface area contributed by atoms with Gasteiger partial charge in [-0.05, 0) is 36.1 Å². The third kappa shape index (κ3) is 3.79. The van der Waals surface area contributed by atoms with E-state index in [4.69, 9.17) is 4.98 Å². The molecule has 3 aromatic rings. The molecule has 0 radical (unpaired) electrons. The molecule has 0 saturated heterocycles. The van der Waals surface area contributed by atoms with Crippen LogP contribution >= 0.6 is 0 Å². The van der Waals surface area contributed by atoms with Gasteiger partial charge in [0.05, 0.1) is 11.0 Å². The Labute approximate surface area is 176 Å². The largest absolute Gasteiger partial charge is 0.465 e. The Morgan fingerprint density at radius 2 is 1.83 bits per heavy atom. The highest BCUT2D eigenvalue weighted by Crippen LogP contribution is 2.27. The van der Waals surface area contributed by atoms with Crippen LogP contribution in [0, 0.1) is 0 Å². The van der Waals surface area contributed by atoms with E-state index in [2.05, 4.69) is 21.6 Å². The maximum Gasteiger partial charge on any atom is 0.407 e. The highest BCUT2D eigenvalue weighted by atomic mass is 16.4. The summed E-state index contributed by atoms with van der Waals surface area (Å²) in [4.78, 5) is 20.8. The summed E-state index contributed by atoms with van der Waals surface area (Å²) in [6, 6.07) is 16.7. The number of amides is 1. The van der Waals surface area contributed by atoms with Crippen molar-refractivity contribution in [1.29, 1.82) is 0 Å². The first kappa shape index (κ1) is 19.1. The summed E-state index contributed by atoms with van der Waals surface area (Å²) in [6.07, 6.45) is 4.13. The van der Waals surface area contributed by atoms with E-state index in [-0.39, 0.29) is 0 Å². The first-order chi connectivity index (χ1) is 14.7. The van der Waals surface area contributed by atoms with Crippen LogP contribution < -0.4 is 0 Å². The Kier molecular flexibility index (Phi) is 5.17. The maximum atomic E-state index is 11.8. The summed E-state index contributed by atoms with van der Waals surface area (Å²) in [6.45, 7) is 3.90. The number of carboxylic acid groups (broad SMARTS) is 1. The molecule has 1 aliphatic heterocycles. The fraction of sp³-hybridized carbons (Fsp3) is 0.417. The minimum Gasteiger partial charge on any atom is -0.465 e. The number of imidazole rings is 1. The molecule has 6 heteroatoms. The van der Waals surface area contributed by atoms with Gasteiger partial charge in [-0.15, -0.1) is 0 Å². The van der Waals surface area contributed by atoms with E-state index in [0.29, 0.717) is 13.1 Å². The highest BCUT2D eigenvalue weighted by Gasteiger charge is 2.27. The van der Waals surface area contributed by atoms with Crippen LogP contribution in [0.15, 0.2) is 48.5 Å². The number of carbonyl (C=O) groups is 1. The molecular weight excluding hydrogens is 376 g/mol. The lowest BCUT2D eigenvalue weighted by Gasteiger charge is -2.36. The molecule has 1 fully saturated rings. The first-order valence-corrected chi connectivity index (χ1v) is 10.9. The van der Waals surface area contributed by atoms with Crippen molar-refractivity contribution in [2.75, 3.05) is 13.1 Å². The van der Waals surface area contributed by atoms with Crippen LogP contribution in [0.5, 0.6) is 0 Å². The summed E-state index contributed by atoms with van der Waals surface area (Å²) in [5.74, 6) is 1.16. The fourth-order valence-corrected chi connectivity index (χ4v) is 4.68. The van der Waals surface area contributed by atoms with Crippen molar-refractivity contribution in [2.45, 2.75) is 51.4 Å². The van der Waals surface area contributed by atoms with Gasteiger partial charge in [-0.3, -0.25) is 9.80 Å². The van der Waals surface area contributed by atoms with Gasteiger partial charge in [0.1, 0.15) is 5.82 Å². The third-order valence-electron chi connectivity index (χ3n) is 6.58. The lowest BCUT2D eigenvalue weighted by atomic mass is 9.91. The summed E-state index contributed by atoms with van der Waals surface area (Å²) < 4.78 is 2.36. The Balaban J connectivity index is 1.33. The number of aromatic nitrogens is 2. The Morgan fingerprint density at radius 1 is 1.03 bits per heavy atom. The molecule has 30 heavy (non-hydrogen) atoms. The molecule has 1 N–H and O–H groups in total. The average Bonchev–Trinajstić information content (AvgIpc) is 2.93. The summed E-state index contributed by atoms with van der Waals surface area (Å²) in [7, 11) is 0. The van der Waals surface area contributed by atoms with Crippen LogP contribution in [0.3, 0.4) is 0 Å². The van der Waals surface area contributed by atoms with Crippen LogP contribution in [0.2, 0.25) is 0 Å². The van der Waals surface area contributed by atoms with Gasteiger partial charge in [-0.1, -0.05) is 42.8 Å². The smallest absolute Gasteiger partial charge is 0.407 e. The molecule has 2 heterocycles. The monoisotopic (exact) mass is 404 g/mol. The molecule has 6 nitrogen and oxygen atoms in total. The van der Waals surface area contributed by atoms with E-state index >= 15 is 0 Å². The van der Waals surface area contributed by atoms with Crippen molar-refractivity contribution < 1.29 is 9.90 Å². The van der Waals surface area contributed by atoms with Crippen LogP contribution in [0.4, 0.5) is 4.79 Å². The van der Waals surface area contributed by atoms with E-state index in [1.165, 1.54) is 24.2 Å². The molecule has 2 aromatic carbocycles. The maximum absolute atomic E-state index is 11.8. The normalized spacial score (nSPS) is 17.3. The van der Waals surface area contributed by atoms with Crippen molar-refractivity contribution >= 4 is 17.1 Å². The molecule has 156 valence electrons. The molecule has 0 atom stereocenters. The van der Waals surface area contributed by atoms with Gasteiger partial charge in [0, 0.05) is 45.2 Å². The van der Waals surface area contributed by atoms with Crippen molar-refractivity contribution in [1.82, 2.24) is 19.4 Å². The van der Waals surface area contributed by atoms with E-state index in [9.17, 15) is 9.90 Å². The Bertz CT molecular complexity index is 1040. The zero-order chi connectivity index (χ0) is 20.5. The predicted octanol–water partition coefficient (Wildman–Crippen LogP) is 4.13. The fourth-order valence-electron chi connectivity index (χ4n) is 4.68. The van der Waals surface area contributed by atoms with E-state index in [0.717, 1.165) is 60.1 Å². The molecule has 1 aromatic heterocycles. The van der Waals surface area contributed by atoms with Gasteiger partial charge in [0.15, 0.2) is 0 Å². The van der Waals surface area contributed by atoms with Gasteiger partial charge in [0.25, 0.3) is 0 Å². The van der Waals surface area contributed by atoms with Gasteiger partial charge in [-0.25, -0.2) is 9.78 Å². The Hall–Kier alpha value is -2.86. The minimum absolute atomic E-state index is 0.359. The van der Waals surface area contributed by atoms with Gasteiger partial charge >= 0.3 is 6.09 Å². The summed E-state index contributed by atoms with van der Waals surface area (Å²) in [5.41, 5.74) is 4.11. The van der Waals surface area contributed by atoms with Crippen LogP contribution in [0.25, 0.3) is 11.0 Å². The topological polar surface area (TPSA) is 61.6 Å². The molecule has 0 bridgehead atoms. The lowest BCUT2D eigenvalue weighted by molar-refractivity contribution is 0.130. The van der Waals surface area contributed by atoms with Crippen LogP contribution in [-0.4, -0.2) is 49.7 Å². The molecule has 1 amide bonds. The third-order valence-corrected chi connectivity index (χ3v) is 6.58. The molecule has 0 spiro atoms. The van der Waals surface area contributed by atoms with Gasteiger partial charge in [0.2, 0.25) is 0 Å². The molecular formula is C24H28N4O2. The molecule has 0 unspecified atom stereocenters. The van der Waals surface area contributed by atoms with Gasteiger partial charge < -0.3 is 9.67 Å². The van der Waals surface area contributed by atoms with Gasteiger partial charge in [-0.2, -0.15) is 0 Å². The first-order valence-electron chi connectivity index (χ1n) is 10.9. The number of nitrogens with zero attached hydrogens (tertiary/aromatic N) is 4. The van der Waals surface area contributed by atoms with Crippen molar-refractivity contribution in [2.24, 2.45) is 0 Å². The lowest BCUT2D eigenvalue weighted by Crippen LogP contribution is -2.41. The second kappa shape index (κ2) is 8.11. The predicted molar refractivity (Wildman–Crippen MR) is 116 cm³/mol. The second-order valence-electron chi connectivity index (χ2n) is 8.50. The van der Waals surface area contributed by atoms with Crippen molar-refractivity contribution in [3.05, 3.63) is 65.5 Å². The molecule has 2 aliphatic rings. The molecule has 1 saturated carbocycles. The SMILES string of the molecule is O=C(O)N(Cc1ccccc1)Cc1ccc2c(c1)nc1n2CCN(C2CCC2)CC1. The van der Waals surface area contributed by atoms with Crippen LogP contribution in [0.1, 0.15) is 36.2 Å².